The molecule has 2 aromatic rings. The first-order valence-corrected chi connectivity index (χ1v) is 9.82. The summed E-state index contributed by atoms with van der Waals surface area (Å²) in [4.78, 5) is 28.9. The second-order valence-corrected chi connectivity index (χ2v) is 7.04. The number of benzene rings is 2. The van der Waals surface area contributed by atoms with E-state index in [0.717, 1.165) is 30.9 Å². The first kappa shape index (κ1) is 26.7. The van der Waals surface area contributed by atoms with Crippen LogP contribution in [0.1, 0.15) is 22.0 Å². The van der Waals surface area contributed by atoms with Gasteiger partial charge in [0, 0.05) is 44.8 Å². The molecule has 2 aromatic carbocycles. The molecule has 1 heterocycles. The van der Waals surface area contributed by atoms with Crippen molar-refractivity contribution >= 4 is 36.6 Å². The van der Waals surface area contributed by atoms with Crippen LogP contribution in [0.2, 0.25) is 0 Å². The summed E-state index contributed by atoms with van der Waals surface area (Å²) in [7, 11) is 1.59. The number of carbonyl (C=O) groups excluding carboxylic acids is 2. The van der Waals surface area contributed by atoms with E-state index < -0.39 is 6.04 Å². The van der Waals surface area contributed by atoms with Crippen molar-refractivity contribution in [3.8, 4) is 5.75 Å². The lowest BCUT2D eigenvalue weighted by molar-refractivity contribution is -0.134. The van der Waals surface area contributed by atoms with E-state index >= 15 is 0 Å². The van der Waals surface area contributed by atoms with Gasteiger partial charge in [0.15, 0.2) is 0 Å². The van der Waals surface area contributed by atoms with Crippen LogP contribution in [-0.2, 0) is 4.79 Å². The van der Waals surface area contributed by atoms with E-state index in [9.17, 15) is 9.59 Å². The highest BCUT2D eigenvalue weighted by Crippen LogP contribution is 2.14. The van der Waals surface area contributed by atoms with E-state index in [4.69, 9.17) is 10.5 Å². The average Bonchev–Trinajstić information content (AvgIpc) is 2.79. The summed E-state index contributed by atoms with van der Waals surface area (Å²) < 4.78 is 5.10. The van der Waals surface area contributed by atoms with Crippen LogP contribution in [0, 0.1) is 0 Å². The normalized spacial score (nSPS) is 14.6. The molecule has 0 bridgehead atoms. The molecule has 1 saturated heterocycles. The fourth-order valence-corrected chi connectivity index (χ4v) is 3.36. The lowest BCUT2D eigenvalue weighted by atomic mass is 10.1. The van der Waals surface area contributed by atoms with Crippen LogP contribution in [-0.4, -0.2) is 68.0 Å². The minimum atomic E-state index is -0.619. The largest absolute Gasteiger partial charge is 0.497 e. The van der Waals surface area contributed by atoms with Crippen molar-refractivity contribution in [2.45, 2.75) is 6.04 Å². The van der Waals surface area contributed by atoms with Gasteiger partial charge in [0.25, 0.3) is 5.91 Å². The summed E-state index contributed by atoms with van der Waals surface area (Å²) >= 11 is 0. The number of methoxy groups -OCH3 is 1. The van der Waals surface area contributed by atoms with Crippen LogP contribution < -0.4 is 15.8 Å². The van der Waals surface area contributed by atoms with Gasteiger partial charge in [-0.15, -0.1) is 24.8 Å². The van der Waals surface area contributed by atoms with Crippen molar-refractivity contribution in [3.05, 3.63) is 65.7 Å². The number of halogens is 2. The molecule has 170 valence electrons. The number of nitrogens with zero attached hydrogens (tertiary/aromatic N) is 2. The van der Waals surface area contributed by atoms with Crippen LogP contribution in [0.5, 0.6) is 5.75 Å². The van der Waals surface area contributed by atoms with Gasteiger partial charge in [-0.2, -0.15) is 0 Å². The van der Waals surface area contributed by atoms with E-state index in [1.54, 1.807) is 31.4 Å². The molecule has 9 heteroatoms. The SMILES string of the molecule is COc1ccc(C(=O)NCCN2CCN(C(=O)C(N)c3ccccc3)CC2)cc1.Cl.Cl. The van der Waals surface area contributed by atoms with Crippen LogP contribution in [0.4, 0.5) is 0 Å². The maximum absolute atomic E-state index is 12.6. The first-order chi connectivity index (χ1) is 14.1. The molecule has 3 N–H and O–H groups in total. The van der Waals surface area contributed by atoms with Crippen molar-refractivity contribution in [3.63, 3.8) is 0 Å². The molecule has 7 nitrogen and oxygen atoms in total. The van der Waals surface area contributed by atoms with Gasteiger partial charge in [-0.05, 0) is 29.8 Å². The van der Waals surface area contributed by atoms with Crippen molar-refractivity contribution in [2.24, 2.45) is 5.73 Å². The molecule has 3 rings (SSSR count). The number of amides is 2. The second kappa shape index (κ2) is 13.2. The van der Waals surface area contributed by atoms with Gasteiger partial charge in [-0.25, -0.2) is 0 Å². The molecule has 1 fully saturated rings. The van der Waals surface area contributed by atoms with Crippen LogP contribution >= 0.6 is 24.8 Å². The van der Waals surface area contributed by atoms with Gasteiger partial charge >= 0.3 is 0 Å². The van der Waals surface area contributed by atoms with Crippen LogP contribution in [0.15, 0.2) is 54.6 Å². The predicted molar refractivity (Wildman–Crippen MR) is 126 cm³/mol. The highest BCUT2D eigenvalue weighted by molar-refractivity contribution is 5.94. The third-order valence-electron chi connectivity index (χ3n) is 5.17. The zero-order chi connectivity index (χ0) is 20.6. The third kappa shape index (κ3) is 7.40. The Morgan fingerprint density at radius 1 is 1.00 bits per heavy atom. The topological polar surface area (TPSA) is 87.9 Å². The lowest BCUT2D eigenvalue weighted by Crippen LogP contribution is -2.52. The Balaban J connectivity index is 0.00000240. The minimum absolute atomic E-state index is 0. The molecule has 1 aliphatic heterocycles. The molecular weight excluding hydrogens is 439 g/mol. The van der Waals surface area contributed by atoms with E-state index in [0.29, 0.717) is 25.2 Å². The number of rotatable bonds is 7. The summed E-state index contributed by atoms with van der Waals surface area (Å²) in [5.41, 5.74) is 7.57. The van der Waals surface area contributed by atoms with Gasteiger partial charge in [-0.3, -0.25) is 14.5 Å². The number of hydrogen-bond donors (Lipinski definition) is 2. The number of carbonyl (C=O) groups is 2. The fourth-order valence-electron chi connectivity index (χ4n) is 3.36. The quantitative estimate of drug-likeness (QED) is 0.649. The number of hydrogen-bond acceptors (Lipinski definition) is 5. The number of ether oxygens (including phenoxy) is 1. The maximum atomic E-state index is 12.6. The minimum Gasteiger partial charge on any atom is -0.497 e. The van der Waals surface area contributed by atoms with Crippen LogP contribution in [0.25, 0.3) is 0 Å². The molecule has 31 heavy (non-hydrogen) atoms. The molecule has 0 radical (unpaired) electrons. The molecule has 1 unspecified atom stereocenters. The fraction of sp³-hybridized carbons (Fsp3) is 0.364. The van der Waals surface area contributed by atoms with E-state index in [1.165, 1.54) is 0 Å². The van der Waals surface area contributed by atoms with Gasteiger partial charge in [-0.1, -0.05) is 30.3 Å². The molecule has 2 amide bonds. The molecule has 0 spiro atoms. The first-order valence-electron chi connectivity index (χ1n) is 9.82. The van der Waals surface area contributed by atoms with Gasteiger partial charge in [0.05, 0.1) is 7.11 Å². The monoisotopic (exact) mass is 468 g/mol. The third-order valence-corrected chi connectivity index (χ3v) is 5.17. The van der Waals surface area contributed by atoms with Gasteiger partial charge in [0.1, 0.15) is 11.8 Å². The summed E-state index contributed by atoms with van der Waals surface area (Å²) in [6, 6.07) is 15.9. The Labute approximate surface area is 195 Å². The smallest absolute Gasteiger partial charge is 0.251 e. The second-order valence-electron chi connectivity index (χ2n) is 7.04. The van der Waals surface area contributed by atoms with Crippen LogP contribution in [0.3, 0.4) is 0 Å². The maximum Gasteiger partial charge on any atom is 0.251 e. The van der Waals surface area contributed by atoms with E-state index in [-0.39, 0.29) is 36.6 Å². The molecule has 0 saturated carbocycles. The summed E-state index contributed by atoms with van der Waals surface area (Å²) in [5, 5.41) is 2.94. The Kier molecular flexibility index (Phi) is 11.3. The Morgan fingerprint density at radius 2 is 1.61 bits per heavy atom. The summed E-state index contributed by atoms with van der Waals surface area (Å²) in [5.74, 6) is 0.583. The Hall–Kier alpha value is -2.32. The molecule has 1 atom stereocenters. The average molecular weight is 469 g/mol. The van der Waals surface area contributed by atoms with Crippen molar-refractivity contribution in [2.75, 3.05) is 46.4 Å². The molecule has 0 aromatic heterocycles. The summed E-state index contributed by atoms with van der Waals surface area (Å²) in [6.07, 6.45) is 0. The molecular formula is C22H30Cl2N4O3. The van der Waals surface area contributed by atoms with Gasteiger partial charge < -0.3 is 20.7 Å². The van der Waals surface area contributed by atoms with Gasteiger partial charge in [0.2, 0.25) is 5.91 Å². The van der Waals surface area contributed by atoms with Crippen molar-refractivity contribution in [1.29, 1.82) is 0 Å². The highest BCUT2D eigenvalue weighted by Gasteiger charge is 2.26. The zero-order valence-electron chi connectivity index (χ0n) is 17.5. The molecule has 0 aliphatic carbocycles. The number of piperazine rings is 1. The Bertz CT molecular complexity index is 813. The highest BCUT2D eigenvalue weighted by atomic mass is 35.5. The van der Waals surface area contributed by atoms with E-state index in [1.807, 2.05) is 35.2 Å². The number of nitrogens with two attached hydrogens (primary N) is 1. The molecule has 1 aliphatic rings. The Morgan fingerprint density at radius 3 is 2.19 bits per heavy atom. The standard InChI is InChI=1S/C22H28N4O3.2ClH/c1-29-19-9-7-18(8-10-19)21(27)24-11-12-25-13-15-26(16-14-25)22(28)20(23)17-5-3-2-4-6-17;;/h2-10,20H,11-16,23H2,1H3,(H,24,27);2*1H. The predicted octanol–water partition coefficient (Wildman–Crippen LogP) is 2.11. The van der Waals surface area contributed by atoms with Crippen molar-refractivity contribution < 1.29 is 14.3 Å². The van der Waals surface area contributed by atoms with Crippen molar-refractivity contribution in [1.82, 2.24) is 15.1 Å². The number of nitrogens with one attached hydrogen (secondary N) is 1. The zero-order valence-corrected chi connectivity index (χ0v) is 19.2. The van der Waals surface area contributed by atoms with E-state index in [2.05, 4.69) is 10.2 Å². The lowest BCUT2D eigenvalue weighted by Gasteiger charge is -2.36. The summed E-state index contributed by atoms with van der Waals surface area (Å²) in [6.45, 7) is 4.13.